The van der Waals surface area contributed by atoms with Gasteiger partial charge in [-0.05, 0) is 48.6 Å². The molecule has 0 spiro atoms. The van der Waals surface area contributed by atoms with Crippen LogP contribution in [0, 0.1) is 0 Å². The van der Waals surface area contributed by atoms with Crippen LogP contribution in [0.2, 0.25) is 0 Å². The van der Waals surface area contributed by atoms with Crippen LogP contribution in [0.4, 0.5) is 0 Å². The number of rotatable bonds is 6. The van der Waals surface area contributed by atoms with Gasteiger partial charge >= 0.3 is 0 Å². The lowest BCUT2D eigenvalue weighted by atomic mass is 9.87. The first-order chi connectivity index (χ1) is 13.9. The van der Waals surface area contributed by atoms with Crippen molar-refractivity contribution in [1.82, 2.24) is 14.8 Å². The van der Waals surface area contributed by atoms with Crippen LogP contribution in [0.25, 0.3) is 0 Å². The summed E-state index contributed by atoms with van der Waals surface area (Å²) in [5.74, 6) is 0.652. The van der Waals surface area contributed by atoms with Crippen molar-refractivity contribution in [3.05, 3.63) is 53.2 Å². The van der Waals surface area contributed by atoms with Crippen molar-refractivity contribution in [1.29, 1.82) is 0 Å². The number of amides is 1. The van der Waals surface area contributed by atoms with E-state index >= 15 is 0 Å². The van der Waals surface area contributed by atoms with Crippen LogP contribution in [0.15, 0.2) is 34.9 Å². The monoisotopic (exact) mass is 395 g/mol. The summed E-state index contributed by atoms with van der Waals surface area (Å²) in [6.07, 6.45) is 7.36. The molecule has 1 saturated heterocycles. The highest BCUT2D eigenvalue weighted by molar-refractivity contribution is 5.92. The third-order valence-corrected chi connectivity index (χ3v) is 6.02. The molecule has 0 atom stereocenters. The van der Waals surface area contributed by atoms with Gasteiger partial charge in [0.15, 0.2) is 5.69 Å². The molecule has 2 aromatic rings. The van der Waals surface area contributed by atoms with Gasteiger partial charge in [-0.2, -0.15) is 0 Å². The van der Waals surface area contributed by atoms with Gasteiger partial charge in [0.1, 0.15) is 6.26 Å². The Morgan fingerprint density at radius 1 is 1.10 bits per heavy atom. The second-order valence-electron chi connectivity index (χ2n) is 9.56. The Labute approximate surface area is 174 Å². The molecule has 29 heavy (non-hydrogen) atoms. The van der Waals surface area contributed by atoms with Crippen LogP contribution < -0.4 is 0 Å². The Bertz CT molecular complexity index is 825. The molecular formula is C24H33N3O2. The Hall–Kier alpha value is -2.14. The molecule has 4 rings (SSSR count). The van der Waals surface area contributed by atoms with E-state index in [1.54, 1.807) is 0 Å². The molecule has 1 aliphatic heterocycles. The topological polar surface area (TPSA) is 49.6 Å². The van der Waals surface area contributed by atoms with Crippen LogP contribution in [-0.2, 0) is 18.5 Å². The van der Waals surface area contributed by atoms with E-state index in [1.807, 2.05) is 4.90 Å². The molecule has 0 unspecified atom stereocenters. The van der Waals surface area contributed by atoms with Crippen molar-refractivity contribution < 1.29 is 9.21 Å². The largest absolute Gasteiger partial charge is 0.447 e. The number of oxazole rings is 1. The average molecular weight is 396 g/mol. The Kier molecular flexibility index (Phi) is 5.77. The molecule has 1 aliphatic carbocycles. The number of piperidine rings is 1. The Morgan fingerprint density at radius 3 is 2.41 bits per heavy atom. The lowest BCUT2D eigenvalue weighted by Crippen LogP contribution is -2.35. The average Bonchev–Trinajstić information content (AvgIpc) is 3.46. The molecule has 5 nitrogen and oxygen atoms in total. The van der Waals surface area contributed by atoms with Crippen molar-refractivity contribution in [2.24, 2.45) is 0 Å². The number of carbonyl (C=O) groups is 1. The predicted octanol–water partition coefficient (Wildman–Crippen LogP) is 4.76. The molecule has 2 aliphatic rings. The highest BCUT2D eigenvalue weighted by Crippen LogP contribution is 2.30. The van der Waals surface area contributed by atoms with Gasteiger partial charge in [0.25, 0.3) is 5.91 Å². The van der Waals surface area contributed by atoms with E-state index in [0.29, 0.717) is 24.2 Å². The zero-order valence-corrected chi connectivity index (χ0v) is 18.0. The number of likely N-dealkylation sites (tertiary alicyclic amines) is 1. The zero-order valence-electron chi connectivity index (χ0n) is 18.0. The minimum atomic E-state index is 0.00967. The molecule has 2 fully saturated rings. The summed E-state index contributed by atoms with van der Waals surface area (Å²) >= 11 is 0. The maximum atomic E-state index is 12.6. The molecule has 0 bridgehead atoms. The minimum absolute atomic E-state index is 0.00967. The standard InChI is InChI=1S/C24H33N3O2/c1-24(2,3)19-9-7-18(8-10-19)15-27(20-11-12-20)16-22-25-21(17-29-22)23(28)26-13-5-4-6-14-26/h7-10,17,20H,4-6,11-16H2,1-3H3. The van der Waals surface area contributed by atoms with Crippen LogP contribution in [-0.4, -0.2) is 39.8 Å². The van der Waals surface area contributed by atoms with Gasteiger partial charge in [0, 0.05) is 25.7 Å². The summed E-state index contributed by atoms with van der Waals surface area (Å²) in [6, 6.07) is 9.53. The second kappa shape index (κ2) is 8.31. The maximum Gasteiger partial charge on any atom is 0.275 e. The third kappa shape index (κ3) is 5.08. The van der Waals surface area contributed by atoms with Crippen LogP contribution >= 0.6 is 0 Å². The quantitative estimate of drug-likeness (QED) is 0.707. The number of carbonyl (C=O) groups excluding carboxylic acids is 1. The van der Waals surface area contributed by atoms with Crippen LogP contribution in [0.3, 0.4) is 0 Å². The van der Waals surface area contributed by atoms with Crippen molar-refractivity contribution in [3.8, 4) is 0 Å². The highest BCUT2D eigenvalue weighted by Gasteiger charge is 2.30. The number of benzene rings is 1. The molecule has 5 heteroatoms. The number of hydrogen-bond acceptors (Lipinski definition) is 4. The smallest absolute Gasteiger partial charge is 0.275 e. The van der Waals surface area contributed by atoms with Crippen LogP contribution in [0.5, 0.6) is 0 Å². The van der Waals surface area contributed by atoms with Crippen molar-refractivity contribution in [3.63, 3.8) is 0 Å². The van der Waals surface area contributed by atoms with Crippen molar-refractivity contribution in [2.75, 3.05) is 13.1 Å². The summed E-state index contributed by atoms with van der Waals surface area (Å²) in [5, 5.41) is 0. The normalized spacial score (nSPS) is 17.7. The predicted molar refractivity (Wildman–Crippen MR) is 114 cm³/mol. The zero-order chi connectivity index (χ0) is 20.4. The summed E-state index contributed by atoms with van der Waals surface area (Å²) in [5.41, 5.74) is 3.28. The first kappa shape index (κ1) is 20.1. The molecule has 2 heterocycles. The van der Waals surface area contributed by atoms with Gasteiger partial charge in [-0.1, -0.05) is 45.0 Å². The maximum absolute atomic E-state index is 12.6. The van der Waals surface area contributed by atoms with E-state index in [2.05, 4.69) is 54.9 Å². The number of aromatic nitrogens is 1. The molecule has 1 aromatic heterocycles. The van der Waals surface area contributed by atoms with E-state index in [1.165, 1.54) is 36.7 Å². The fraction of sp³-hybridized carbons (Fsp3) is 0.583. The van der Waals surface area contributed by atoms with E-state index in [4.69, 9.17) is 4.42 Å². The highest BCUT2D eigenvalue weighted by atomic mass is 16.3. The van der Waals surface area contributed by atoms with Gasteiger partial charge in [0.05, 0.1) is 6.54 Å². The Morgan fingerprint density at radius 2 is 1.79 bits per heavy atom. The molecule has 1 aromatic carbocycles. The second-order valence-corrected chi connectivity index (χ2v) is 9.56. The van der Waals surface area contributed by atoms with Gasteiger partial charge < -0.3 is 9.32 Å². The summed E-state index contributed by atoms with van der Waals surface area (Å²) < 4.78 is 5.69. The van der Waals surface area contributed by atoms with Crippen LogP contribution in [0.1, 0.15) is 80.4 Å². The molecule has 0 radical (unpaired) electrons. The first-order valence-electron chi connectivity index (χ1n) is 11.0. The van der Waals surface area contributed by atoms with Gasteiger partial charge in [0.2, 0.25) is 5.89 Å². The van der Waals surface area contributed by atoms with E-state index in [-0.39, 0.29) is 11.3 Å². The lowest BCUT2D eigenvalue weighted by molar-refractivity contribution is 0.0718. The summed E-state index contributed by atoms with van der Waals surface area (Å²) in [4.78, 5) is 21.5. The molecule has 156 valence electrons. The van der Waals surface area contributed by atoms with E-state index in [0.717, 1.165) is 32.5 Å². The van der Waals surface area contributed by atoms with Gasteiger partial charge in [-0.25, -0.2) is 4.98 Å². The lowest BCUT2D eigenvalue weighted by Gasteiger charge is -2.25. The fourth-order valence-corrected chi connectivity index (χ4v) is 4.01. The molecule has 0 N–H and O–H groups in total. The molecule has 1 amide bonds. The van der Waals surface area contributed by atoms with Gasteiger partial charge in [-0.3, -0.25) is 9.69 Å². The minimum Gasteiger partial charge on any atom is -0.447 e. The molecule has 1 saturated carbocycles. The first-order valence-corrected chi connectivity index (χ1v) is 11.0. The fourth-order valence-electron chi connectivity index (χ4n) is 4.01. The number of hydrogen-bond donors (Lipinski definition) is 0. The van der Waals surface area contributed by atoms with Crippen molar-refractivity contribution >= 4 is 5.91 Å². The number of nitrogens with zero attached hydrogens (tertiary/aromatic N) is 3. The van der Waals surface area contributed by atoms with E-state index in [9.17, 15) is 4.79 Å². The Balaban J connectivity index is 1.40. The van der Waals surface area contributed by atoms with Gasteiger partial charge in [-0.15, -0.1) is 0 Å². The van der Waals surface area contributed by atoms with Crippen molar-refractivity contribution in [2.45, 2.75) is 77.4 Å². The van der Waals surface area contributed by atoms with E-state index < -0.39 is 0 Å². The summed E-state index contributed by atoms with van der Waals surface area (Å²) in [6.45, 7) is 9.92. The summed E-state index contributed by atoms with van der Waals surface area (Å²) in [7, 11) is 0. The third-order valence-electron chi connectivity index (χ3n) is 6.02. The SMILES string of the molecule is CC(C)(C)c1ccc(CN(Cc2nc(C(=O)N3CCCCC3)co2)C2CC2)cc1. The molecular weight excluding hydrogens is 362 g/mol.